The van der Waals surface area contributed by atoms with Crippen LogP contribution in [0.15, 0.2) is 12.1 Å². The molecular formula is C12H16N2O3. The van der Waals surface area contributed by atoms with Crippen molar-refractivity contribution in [1.29, 1.82) is 5.26 Å². The summed E-state index contributed by atoms with van der Waals surface area (Å²) in [5.74, 6) is 1.94. The van der Waals surface area contributed by atoms with Gasteiger partial charge in [-0.2, -0.15) is 5.26 Å². The molecule has 0 aliphatic heterocycles. The molecule has 0 saturated heterocycles. The van der Waals surface area contributed by atoms with Crippen LogP contribution in [0, 0.1) is 11.5 Å². The summed E-state index contributed by atoms with van der Waals surface area (Å²) in [6.45, 7) is 0.423. The van der Waals surface area contributed by atoms with Gasteiger partial charge in [-0.05, 0) is 0 Å². The monoisotopic (exact) mass is 236 g/mol. The Morgan fingerprint density at radius 1 is 1.12 bits per heavy atom. The number of methoxy groups -OCH3 is 3. The molecule has 0 amide bonds. The predicted octanol–water partition coefficient (Wildman–Crippen LogP) is 1.63. The van der Waals surface area contributed by atoms with Crippen LogP contribution in [-0.4, -0.2) is 33.3 Å². The zero-order chi connectivity index (χ0) is 12.8. The van der Waals surface area contributed by atoms with Gasteiger partial charge in [0, 0.05) is 19.2 Å². The summed E-state index contributed by atoms with van der Waals surface area (Å²) in [4.78, 5) is 1.49. The minimum Gasteiger partial charge on any atom is -0.496 e. The van der Waals surface area contributed by atoms with Crippen LogP contribution < -0.4 is 14.2 Å². The van der Waals surface area contributed by atoms with Crippen molar-refractivity contribution in [3.8, 4) is 23.4 Å². The third kappa shape index (κ3) is 2.94. The summed E-state index contributed by atoms with van der Waals surface area (Å²) in [5, 5.41) is 8.79. The first kappa shape index (κ1) is 13.0. The largest absolute Gasteiger partial charge is 0.496 e. The molecule has 0 atom stereocenters. The molecule has 1 aromatic carbocycles. The Kier molecular flexibility index (Phi) is 4.46. The van der Waals surface area contributed by atoms with Gasteiger partial charge in [0.1, 0.15) is 17.2 Å². The lowest BCUT2D eigenvalue weighted by Gasteiger charge is -2.17. The Morgan fingerprint density at radius 2 is 1.65 bits per heavy atom. The molecule has 0 spiro atoms. The topological polar surface area (TPSA) is 54.7 Å². The lowest BCUT2D eigenvalue weighted by Crippen LogP contribution is -2.12. The highest BCUT2D eigenvalue weighted by Gasteiger charge is 2.14. The van der Waals surface area contributed by atoms with Gasteiger partial charge in [0.2, 0.25) is 0 Å². The highest BCUT2D eigenvalue weighted by molar-refractivity contribution is 5.50. The number of benzene rings is 1. The first-order valence-electron chi connectivity index (χ1n) is 5.06. The van der Waals surface area contributed by atoms with Crippen molar-refractivity contribution in [3.63, 3.8) is 0 Å². The van der Waals surface area contributed by atoms with Crippen molar-refractivity contribution in [2.45, 2.75) is 6.54 Å². The van der Waals surface area contributed by atoms with Gasteiger partial charge in [-0.25, -0.2) is 0 Å². The lowest BCUT2D eigenvalue weighted by molar-refractivity contribution is 0.355. The average Bonchev–Trinajstić information content (AvgIpc) is 2.38. The molecule has 5 nitrogen and oxygen atoms in total. The van der Waals surface area contributed by atoms with Crippen LogP contribution in [-0.2, 0) is 6.54 Å². The van der Waals surface area contributed by atoms with Crippen LogP contribution in [0.3, 0.4) is 0 Å². The molecule has 0 saturated carbocycles. The summed E-state index contributed by atoms with van der Waals surface area (Å²) in [5.41, 5.74) is 0.819. The third-order valence-electron chi connectivity index (χ3n) is 2.38. The smallest absolute Gasteiger partial charge is 0.179 e. The van der Waals surface area contributed by atoms with Crippen LogP contribution in [0.5, 0.6) is 17.2 Å². The molecule has 0 unspecified atom stereocenters. The molecule has 5 heteroatoms. The first-order chi connectivity index (χ1) is 8.15. The van der Waals surface area contributed by atoms with E-state index in [2.05, 4.69) is 0 Å². The Labute approximate surface area is 101 Å². The molecule has 0 fully saturated rings. The summed E-state index contributed by atoms with van der Waals surface area (Å²) >= 11 is 0. The number of nitrogens with zero attached hydrogens (tertiary/aromatic N) is 2. The fraction of sp³-hybridized carbons (Fsp3) is 0.417. The zero-order valence-electron chi connectivity index (χ0n) is 10.5. The molecule has 0 bridgehead atoms. The van der Waals surface area contributed by atoms with E-state index in [0.29, 0.717) is 23.8 Å². The Hall–Kier alpha value is -2.09. The third-order valence-corrected chi connectivity index (χ3v) is 2.38. The SMILES string of the molecule is COc1cc(OC)c(CN(C)C#N)c(OC)c1. The van der Waals surface area contributed by atoms with Crippen LogP contribution in [0.2, 0.25) is 0 Å². The van der Waals surface area contributed by atoms with Crippen molar-refractivity contribution in [2.24, 2.45) is 0 Å². The molecule has 92 valence electrons. The van der Waals surface area contributed by atoms with E-state index in [1.54, 1.807) is 40.5 Å². The second-order valence-corrected chi connectivity index (χ2v) is 3.47. The molecule has 0 radical (unpaired) electrons. The van der Waals surface area contributed by atoms with Gasteiger partial charge in [-0.1, -0.05) is 0 Å². The van der Waals surface area contributed by atoms with Crippen LogP contribution >= 0.6 is 0 Å². The van der Waals surface area contributed by atoms with E-state index >= 15 is 0 Å². The van der Waals surface area contributed by atoms with Crippen molar-refractivity contribution in [2.75, 3.05) is 28.4 Å². The van der Waals surface area contributed by atoms with Gasteiger partial charge in [-0.3, -0.25) is 0 Å². The summed E-state index contributed by atoms with van der Waals surface area (Å²) in [7, 11) is 6.42. The van der Waals surface area contributed by atoms with E-state index in [-0.39, 0.29) is 0 Å². The van der Waals surface area contributed by atoms with Crippen LogP contribution in [0.1, 0.15) is 5.56 Å². The average molecular weight is 236 g/mol. The van der Waals surface area contributed by atoms with Crippen LogP contribution in [0.4, 0.5) is 0 Å². The molecule has 0 aliphatic carbocycles. The van der Waals surface area contributed by atoms with Crippen molar-refractivity contribution >= 4 is 0 Å². The second kappa shape index (κ2) is 5.85. The summed E-state index contributed by atoms with van der Waals surface area (Å²) in [6.07, 6.45) is 2.04. The fourth-order valence-corrected chi connectivity index (χ4v) is 1.51. The summed E-state index contributed by atoms with van der Waals surface area (Å²) in [6, 6.07) is 3.53. The van der Waals surface area contributed by atoms with E-state index in [0.717, 1.165) is 5.56 Å². The fourth-order valence-electron chi connectivity index (χ4n) is 1.51. The lowest BCUT2D eigenvalue weighted by atomic mass is 10.1. The number of hydrogen-bond donors (Lipinski definition) is 0. The highest BCUT2D eigenvalue weighted by Crippen LogP contribution is 2.34. The summed E-state index contributed by atoms with van der Waals surface area (Å²) < 4.78 is 15.7. The molecule has 17 heavy (non-hydrogen) atoms. The van der Waals surface area contributed by atoms with Gasteiger partial charge in [0.25, 0.3) is 0 Å². The quantitative estimate of drug-likeness (QED) is 0.574. The Bertz CT molecular complexity index is 401. The molecule has 0 aliphatic rings. The van der Waals surface area contributed by atoms with E-state index in [1.165, 1.54) is 4.90 Å². The second-order valence-electron chi connectivity index (χ2n) is 3.47. The minimum absolute atomic E-state index is 0.423. The maximum Gasteiger partial charge on any atom is 0.179 e. The first-order valence-corrected chi connectivity index (χ1v) is 5.06. The normalized spacial score (nSPS) is 9.35. The maximum atomic E-state index is 8.79. The molecule has 0 aromatic heterocycles. The van der Waals surface area contributed by atoms with E-state index in [1.807, 2.05) is 6.19 Å². The van der Waals surface area contributed by atoms with Gasteiger partial charge in [0.05, 0.1) is 33.4 Å². The molecule has 1 rings (SSSR count). The van der Waals surface area contributed by atoms with Crippen LogP contribution in [0.25, 0.3) is 0 Å². The maximum absolute atomic E-state index is 8.79. The molecular weight excluding hydrogens is 220 g/mol. The van der Waals surface area contributed by atoms with Gasteiger partial charge in [-0.15, -0.1) is 0 Å². The molecule has 0 N–H and O–H groups in total. The Morgan fingerprint density at radius 3 is 2.00 bits per heavy atom. The van der Waals surface area contributed by atoms with E-state index in [4.69, 9.17) is 19.5 Å². The highest BCUT2D eigenvalue weighted by atomic mass is 16.5. The number of ether oxygens (including phenoxy) is 3. The van der Waals surface area contributed by atoms with Gasteiger partial charge in [0.15, 0.2) is 6.19 Å². The van der Waals surface area contributed by atoms with Crippen molar-refractivity contribution in [1.82, 2.24) is 4.90 Å². The van der Waals surface area contributed by atoms with Gasteiger partial charge < -0.3 is 19.1 Å². The van der Waals surface area contributed by atoms with Gasteiger partial charge >= 0.3 is 0 Å². The standard InChI is InChI=1S/C12H16N2O3/c1-14(8-13)7-10-11(16-3)5-9(15-2)6-12(10)17-4/h5-6H,7H2,1-4H3. The number of rotatable bonds is 5. The number of nitriles is 1. The predicted molar refractivity (Wildman–Crippen MR) is 63.2 cm³/mol. The number of hydrogen-bond acceptors (Lipinski definition) is 5. The molecule has 0 heterocycles. The minimum atomic E-state index is 0.423. The molecule has 1 aromatic rings. The van der Waals surface area contributed by atoms with E-state index in [9.17, 15) is 0 Å². The Balaban J connectivity index is 3.20. The van der Waals surface area contributed by atoms with Crippen molar-refractivity contribution in [3.05, 3.63) is 17.7 Å². The van der Waals surface area contributed by atoms with Crippen molar-refractivity contribution < 1.29 is 14.2 Å². The van der Waals surface area contributed by atoms with E-state index < -0.39 is 0 Å². The zero-order valence-corrected chi connectivity index (χ0v) is 10.5.